The molecule has 76 valence electrons. The zero-order valence-electron chi connectivity index (χ0n) is 7.83. The van der Waals surface area contributed by atoms with E-state index in [2.05, 4.69) is 5.32 Å². The van der Waals surface area contributed by atoms with Gasteiger partial charge in [-0.25, -0.2) is 8.42 Å². The fourth-order valence-corrected chi connectivity index (χ4v) is 3.15. The van der Waals surface area contributed by atoms with E-state index in [-0.39, 0.29) is 6.04 Å². The molecule has 1 aliphatic carbocycles. The molecule has 2 fully saturated rings. The molecular weight excluding hydrogens is 186 g/mol. The lowest BCUT2D eigenvalue weighted by Crippen LogP contribution is -2.51. The highest BCUT2D eigenvalue weighted by atomic mass is 32.2. The largest absolute Gasteiger partial charge is 0.312 e. The van der Waals surface area contributed by atoms with Crippen LogP contribution in [0.3, 0.4) is 0 Å². The summed E-state index contributed by atoms with van der Waals surface area (Å²) in [6.07, 6.45) is 5.36. The van der Waals surface area contributed by atoms with Crippen LogP contribution in [0.1, 0.15) is 25.7 Å². The first-order chi connectivity index (χ1) is 6.16. The number of hydrogen-bond acceptors (Lipinski definition) is 3. The average molecular weight is 203 g/mol. The Morgan fingerprint density at radius 1 is 1.23 bits per heavy atom. The highest BCUT2D eigenvalue weighted by molar-refractivity contribution is 7.92. The van der Waals surface area contributed by atoms with E-state index in [0.717, 1.165) is 12.5 Å². The first-order valence-corrected chi connectivity index (χ1v) is 6.92. The minimum atomic E-state index is -2.63. The number of sulfone groups is 1. The molecule has 13 heavy (non-hydrogen) atoms. The van der Waals surface area contributed by atoms with Crippen LogP contribution in [0.25, 0.3) is 0 Å². The van der Waals surface area contributed by atoms with E-state index in [9.17, 15) is 8.42 Å². The summed E-state index contributed by atoms with van der Waals surface area (Å²) in [7, 11) is -2.63. The van der Waals surface area contributed by atoms with E-state index in [4.69, 9.17) is 0 Å². The van der Waals surface area contributed by atoms with Gasteiger partial charge >= 0.3 is 0 Å². The second-order valence-electron chi connectivity index (χ2n) is 4.31. The van der Waals surface area contributed by atoms with Crippen molar-refractivity contribution in [2.24, 2.45) is 5.92 Å². The van der Waals surface area contributed by atoms with Crippen molar-refractivity contribution in [3.63, 3.8) is 0 Å². The second kappa shape index (κ2) is 3.58. The molecule has 1 heterocycles. The molecule has 0 radical (unpaired) electrons. The third kappa shape index (κ3) is 2.95. The van der Waals surface area contributed by atoms with Crippen LogP contribution in [-0.4, -0.2) is 32.5 Å². The van der Waals surface area contributed by atoms with Crippen molar-refractivity contribution in [1.82, 2.24) is 5.32 Å². The summed E-state index contributed by atoms with van der Waals surface area (Å²) < 4.78 is 21.6. The van der Waals surface area contributed by atoms with Crippen molar-refractivity contribution in [3.05, 3.63) is 0 Å². The molecule has 2 aliphatic rings. The van der Waals surface area contributed by atoms with Gasteiger partial charge in [0.15, 0.2) is 9.84 Å². The van der Waals surface area contributed by atoms with E-state index < -0.39 is 9.84 Å². The van der Waals surface area contributed by atoms with E-state index in [0.29, 0.717) is 11.5 Å². The van der Waals surface area contributed by atoms with Gasteiger partial charge < -0.3 is 5.32 Å². The maximum atomic E-state index is 10.8. The number of nitrogens with one attached hydrogen (secondary N) is 1. The Morgan fingerprint density at radius 2 is 1.92 bits per heavy atom. The summed E-state index contributed by atoms with van der Waals surface area (Å²) in [6.45, 7) is 0.997. The SMILES string of the molecule is O=S1(=O)CC(NCCCC2CC2)C1. The van der Waals surface area contributed by atoms with Crippen LogP contribution < -0.4 is 5.32 Å². The molecule has 0 amide bonds. The summed E-state index contributed by atoms with van der Waals surface area (Å²) in [5, 5.41) is 3.28. The van der Waals surface area contributed by atoms with Gasteiger partial charge in [0.1, 0.15) is 0 Å². The Hall–Kier alpha value is -0.0900. The Labute approximate surface area is 79.8 Å². The van der Waals surface area contributed by atoms with Gasteiger partial charge in [-0.3, -0.25) is 0 Å². The molecule has 0 aromatic heterocycles. The van der Waals surface area contributed by atoms with Crippen molar-refractivity contribution in [1.29, 1.82) is 0 Å². The van der Waals surface area contributed by atoms with Gasteiger partial charge in [-0.15, -0.1) is 0 Å². The zero-order chi connectivity index (χ0) is 9.31. The van der Waals surface area contributed by atoms with Crippen molar-refractivity contribution in [2.45, 2.75) is 31.7 Å². The molecule has 3 nitrogen and oxygen atoms in total. The highest BCUT2D eigenvalue weighted by Gasteiger charge is 2.32. The van der Waals surface area contributed by atoms with Crippen molar-refractivity contribution < 1.29 is 8.42 Å². The van der Waals surface area contributed by atoms with E-state index in [1.165, 1.54) is 25.7 Å². The summed E-state index contributed by atoms with van der Waals surface area (Å²) in [4.78, 5) is 0. The lowest BCUT2D eigenvalue weighted by atomic mass is 10.2. The monoisotopic (exact) mass is 203 g/mol. The number of rotatable bonds is 5. The number of hydrogen-bond donors (Lipinski definition) is 1. The first-order valence-electron chi connectivity index (χ1n) is 5.09. The second-order valence-corrected chi connectivity index (χ2v) is 6.47. The molecule has 1 saturated heterocycles. The molecule has 0 spiro atoms. The Balaban J connectivity index is 1.49. The molecule has 1 saturated carbocycles. The molecule has 0 aromatic rings. The van der Waals surface area contributed by atoms with Crippen LogP contribution in [0.2, 0.25) is 0 Å². The van der Waals surface area contributed by atoms with Crippen LogP contribution in [0, 0.1) is 5.92 Å². The van der Waals surface area contributed by atoms with Gasteiger partial charge in [0.25, 0.3) is 0 Å². The molecule has 0 bridgehead atoms. The minimum absolute atomic E-state index is 0.254. The van der Waals surface area contributed by atoms with Crippen molar-refractivity contribution in [2.75, 3.05) is 18.1 Å². The molecule has 0 aromatic carbocycles. The van der Waals surface area contributed by atoms with Crippen molar-refractivity contribution in [3.8, 4) is 0 Å². The summed E-state index contributed by atoms with van der Waals surface area (Å²) in [5.74, 6) is 1.71. The van der Waals surface area contributed by atoms with E-state index in [1.807, 2.05) is 0 Å². The third-order valence-corrected chi connectivity index (χ3v) is 4.65. The van der Waals surface area contributed by atoms with Crippen LogP contribution in [0.4, 0.5) is 0 Å². The smallest absolute Gasteiger partial charge is 0.153 e. The summed E-state index contributed by atoms with van der Waals surface area (Å²) in [5.41, 5.74) is 0. The van der Waals surface area contributed by atoms with Gasteiger partial charge in [0, 0.05) is 6.04 Å². The van der Waals surface area contributed by atoms with Crippen molar-refractivity contribution >= 4 is 9.84 Å². The Bertz CT molecular complexity index is 257. The Kier molecular flexibility index (Phi) is 2.60. The normalized spacial score (nSPS) is 27.1. The molecule has 2 rings (SSSR count). The van der Waals surface area contributed by atoms with Crippen LogP contribution in [-0.2, 0) is 9.84 Å². The first kappa shape index (κ1) is 9.46. The maximum absolute atomic E-state index is 10.8. The van der Waals surface area contributed by atoms with Gasteiger partial charge in [-0.1, -0.05) is 12.8 Å². The topological polar surface area (TPSA) is 46.2 Å². The molecule has 0 unspecified atom stereocenters. The minimum Gasteiger partial charge on any atom is -0.312 e. The molecule has 1 N–H and O–H groups in total. The molecule has 4 heteroatoms. The molecular formula is C9H17NO2S. The fraction of sp³-hybridized carbons (Fsp3) is 1.00. The third-order valence-electron chi connectivity index (χ3n) is 2.83. The summed E-state index contributed by atoms with van der Waals surface area (Å²) >= 11 is 0. The predicted molar refractivity (Wildman–Crippen MR) is 52.4 cm³/mol. The fourth-order valence-electron chi connectivity index (χ4n) is 1.79. The maximum Gasteiger partial charge on any atom is 0.153 e. The molecule has 0 atom stereocenters. The Morgan fingerprint density at radius 3 is 2.46 bits per heavy atom. The van der Waals surface area contributed by atoms with Gasteiger partial charge in [-0.05, 0) is 25.3 Å². The van der Waals surface area contributed by atoms with E-state index >= 15 is 0 Å². The summed E-state index contributed by atoms with van der Waals surface area (Å²) in [6, 6.07) is 0.254. The molecule has 1 aliphatic heterocycles. The predicted octanol–water partition coefficient (Wildman–Crippen LogP) is 0.563. The van der Waals surface area contributed by atoms with Crippen LogP contribution in [0.5, 0.6) is 0 Å². The zero-order valence-corrected chi connectivity index (χ0v) is 8.65. The quantitative estimate of drug-likeness (QED) is 0.664. The standard InChI is InChI=1S/C9H17NO2S/c11-13(12)6-9(7-13)10-5-1-2-8-3-4-8/h8-10H,1-7H2. The van der Waals surface area contributed by atoms with Crippen LogP contribution in [0.15, 0.2) is 0 Å². The lowest BCUT2D eigenvalue weighted by Gasteiger charge is -2.26. The van der Waals surface area contributed by atoms with Crippen LogP contribution >= 0.6 is 0 Å². The van der Waals surface area contributed by atoms with E-state index in [1.54, 1.807) is 0 Å². The average Bonchev–Trinajstić information content (AvgIpc) is 2.77. The highest BCUT2D eigenvalue weighted by Crippen LogP contribution is 2.33. The van der Waals surface area contributed by atoms with Gasteiger partial charge in [0.05, 0.1) is 11.5 Å². The lowest BCUT2D eigenvalue weighted by molar-refractivity contribution is 0.497. The van der Waals surface area contributed by atoms with Gasteiger partial charge in [-0.2, -0.15) is 0 Å². The van der Waals surface area contributed by atoms with Gasteiger partial charge in [0.2, 0.25) is 0 Å².